The van der Waals surface area contributed by atoms with Gasteiger partial charge in [-0.2, -0.15) is 13.2 Å². The van der Waals surface area contributed by atoms with E-state index in [1.54, 1.807) is 4.90 Å². The number of amides is 2. The maximum Gasteiger partial charge on any atom is 0.416 e. The van der Waals surface area contributed by atoms with Gasteiger partial charge in [0.25, 0.3) is 5.91 Å². The third-order valence-electron chi connectivity index (χ3n) is 5.40. The van der Waals surface area contributed by atoms with Crippen LogP contribution in [0.2, 0.25) is 0 Å². The first-order valence-corrected chi connectivity index (χ1v) is 9.26. The van der Waals surface area contributed by atoms with E-state index in [1.165, 1.54) is 0 Å². The molecule has 3 N–H and O–H groups in total. The first-order valence-electron chi connectivity index (χ1n) is 9.26. The van der Waals surface area contributed by atoms with E-state index in [4.69, 9.17) is 5.73 Å². The Hall–Kier alpha value is -2.16. The van der Waals surface area contributed by atoms with E-state index in [0.717, 1.165) is 12.1 Å². The van der Waals surface area contributed by atoms with Crippen molar-refractivity contribution in [2.45, 2.75) is 44.1 Å². The molecule has 3 rings (SSSR count). The molecule has 2 aliphatic rings. The van der Waals surface area contributed by atoms with Gasteiger partial charge in [0.05, 0.1) is 11.1 Å². The smallest absolute Gasteiger partial charge is 0.352 e. The average molecular weight is 401 g/mol. The summed E-state index contributed by atoms with van der Waals surface area (Å²) in [6.07, 6.45) is -1.87. The number of piperidine rings is 1. The molecule has 1 saturated carbocycles. The van der Waals surface area contributed by atoms with Gasteiger partial charge in [0.1, 0.15) is 6.67 Å². The molecule has 28 heavy (non-hydrogen) atoms. The molecule has 0 aromatic heterocycles. The van der Waals surface area contributed by atoms with Crippen LogP contribution in [0.4, 0.5) is 17.6 Å². The van der Waals surface area contributed by atoms with Gasteiger partial charge in [0, 0.05) is 25.2 Å². The summed E-state index contributed by atoms with van der Waals surface area (Å²) in [5.74, 6) is -0.580. The number of rotatable bonds is 5. The molecule has 9 heteroatoms. The Morgan fingerprint density at radius 2 is 1.82 bits per heavy atom. The van der Waals surface area contributed by atoms with Gasteiger partial charge in [0.2, 0.25) is 5.91 Å². The highest BCUT2D eigenvalue weighted by molar-refractivity contribution is 5.94. The van der Waals surface area contributed by atoms with Gasteiger partial charge >= 0.3 is 6.18 Å². The molecular formula is C19H23F4N3O2. The molecule has 1 aliphatic carbocycles. The van der Waals surface area contributed by atoms with Crippen molar-refractivity contribution in [1.82, 2.24) is 10.2 Å². The maximum atomic E-state index is 12.9. The van der Waals surface area contributed by atoms with Gasteiger partial charge in [-0.15, -0.1) is 0 Å². The lowest BCUT2D eigenvalue weighted by atomic mass is 9.96. The summed E-state index contributed by atoms with van der Waals surface area (Å²) in [4.78, 5) is 26.2. The topological polar surface area (TPSA) is 75.4 Å². The van der Waals surface area contributed by atoms with Crippen molar-refractivity contribution >= 4 is 11.8 Å². The number of hydrogen-bond acceptors (Lipinski definition) is 3. The van der Waals surface area contributed by atoms with Crippen LogP contribution >= 0.6 is 0 Å². The SMILES string of the molecule is NC1(C(=O)N2CCC(CNC(=O)c3cc(CF)cc(C(F)(F)F)c3)CC2)CC1. The predicted octanol–water partition coefficient (Wildman–Crippen LogP) is 2.63. The molecule has 1 aliphatic heterocycles. The van der Waals surface area contributed by atoms with E-state index in [-0.39, 0.29) is 29.5 Å². The van der Waals surface area contributed by atoms with E-state index in [0.29, 0.717) is 44.8 Å². The lowest BCUT2D eigenvalue weighted by Crippen LogP contribution is -2.49. The van der Waals surface area contributed by atoms with Crippen LogP contribution in [0.1, 0.15) is 47.2 Å². The van der Waals surface area contributed by atoms with Gasteiger partial charge in [-0.3, -0.25) is 9.59 Å². The van der Waals surface area contributed by atoms with E-state index in [1.807, 2.05) is 0 Å². The number of carbonyl (C=O) groups is 2. The second-order valence-electron chi connectivity index (χ2n) is 7.65. The second kappa shape index (κ2) is 7.69. The van der Waals surface area contributed by atoms with Crippen molar-refractivity contribution in [1.29, 1.82) is 0 Å². The quantitative estimate of drug-likeness (QED) is 0.745. The minimum absolute atomic E-state index is 0.0299. The molecule has 0 unspecified atom stereocenters. The summed E-state index contributed by atoms with van der Waals surface area (Å²) >= 11 is 0. The zero-order valence-electron chi connectivity index (χ0n) is 15.3. The molecule has 1 heterocycles. The van der Waals surface area contributed by atoms with Gasteiger partial charge in [-0.1, -0.05) is 0 Å². The van der Waals surface area contributed by atoms with Crippen LogP contribution in [0, 0.1) is 5.92 Å². The first-order chi connectivity index (χ1) is 13.1. The predicted molar refractivity (Wildman–Crippen MR) is 94.0 cm³/mol. The molecule has 0 spiro atoms. The molecular weight excluding hydrogens is 378 g/mol. The average Bonchev–Trinajstić information content (AvgIpc) is 3.43. The fourth-order valence-corrected chi connectivity index (χ4v) is 3.41. The largest absolute Gasteiger partial charge is 0.416 e. The monoisotopic (exact) mass is 401 g/mol. The zero-order valence-corrected chi connectivity index (χ0v) is 15.3. The number of nitrogens with two attached hydrogens (primary N) is 1. The Balaban J connectivity index is 1.54. The summed E-state index contributed by atoms with van der Waals surface area (Å²) in [7, 11) is 0. The lowest BCUT2D eigenvalue weighted by Gasteiger charge is -2.33. The number of benzene rings is 1. The van der Waals surface area contributed by atoms with Crippen molar-refractivity contribution in [2.75, 3.05) is 19.6 Å². The lowest BCUT2D eigenvalue weighted by molar-refractivity contribution is -0.137. The third kappa shape index (κ3) is 4.63. The Morgan fingerprint density at radius 1 is 1.18 bits per heavy atom. The van der Waals surface area contributed by atoms with Crippen LogP contribution in [0.3, 0.4) is 0 Å². The minimum atomic E-state index is -4.65. The van der Waals surface area contributed by atoms with E-state index in [9.17, 15) is 27.2 Å². The maximum absolute atomic E-state index is 12.9. The van der Waals surface area contributed by atoms with Crippen molar-refractivity contribution in [3.05, 3.63) is 34.9 Å². The highest BCUT2D eigenvalue weighted by Crippen LogP contribution is 2.35. The normalized spacial score (nSPS) is 19.4. The van der Waals surface area contributed by atoms with Gasteiger partial charge in [-0.25, -0.2) is 4.39 Å². The van der Waals surface area contributed by atoms with E-state index >= 15 is 0 Å². The summed E-state index contributed by atoms with van der Waals surface area (Å²) in [5, 5.41) is 2.63. The standard InChI is InChI=1S/C19H23F4N3O2/c20-10-13-7-14(9-15(8-13)19(21,22)23)16(27)25-11-12-1-5-26(6-2-12)17(28)18(24)3-4-18/h7-9,12H,1-6,10-11,24H2,(H,25,27). The molecule has 5 nitrogen and oxygen atoms in total. The first kappa shape index (κ1) is 20.6. The Labute approximate surface area is 160 Å². The van der Waals surface area contributed by atoms with Crippen molar-refractivity contribution in [3.63, 3.8) is 0 Å². The number of alkyl halides is 4. The van der Waals surface area contributed by atoms with Crippen LogP contribution < -0.4 is 11.1 Å². The van der Waals surface area contributed by atoms with Crippen LogP contribution in [-0.2, 0) is 17.6 Å². The molecule has 1 aromatic rings. The number of carbonyl (C=O) groups excluding carboxylic acids is 2. The van der Waals surface area contributed by atoms with Crippen molar-refractivity contribution in [3.8, 4) is 0 Å². The molecule has 2 fully saturated rings. The number of nitrogens with zero attached hydrogens (tertiary/aromatic N) is 1. The van der Waals surface area contributed by atoms with Gasteiger partial charge < -0.3 is 16.0 Å². The minimum Gasteiger partial charge on any atom is -0.352 e. The Bertz CT molecular complexity index is 754. The number of halogens is 4. The van der Waals surface area contributed by atoms with Crippen LogP contribution in [-0.4, -0.2) is 41.9 Å². The molecule has 0 atom stereocenters. The van der Waals surface area contributed by atoms with E-state index < -0.39 is 29.9 Å². The second-order valence-corrected chi connectivity index (χ2v) is 7.65. The molecule has 1 saturated heterocycles. The zero-order chi connectivity index (χ0) is 20.5. The molecule has 154 valence electrons. The van der Waals surface area contributed by atoms with Crippen LogP contribution in [0.5, 0.6) is 0 Å². The van der Waals surface area contributed by atoms with Gasteiger partial charge in [-0.05, 0) is 55.4 Å². The third-order valence-corrected chi connectivity index (χ3v) is 5.40. The van der Waals surface area contributed by atoms with E-state index in [2.05, 4.69) is 5.32 Å². The number of likely N-dealkylation sites (tertiary alicyclic amines) is 1. The molecule has 1 aromatic carbocycles. The number of hydrogen-bond donors (Lipinski definition) is 2. The fraction of sp³-hybridized carbons (Fsp3) is 0.579. The van der Waals surface area contributed by atoms with Crippen LogP contribution in [0.15, 0.2) is 18.2 Å². The highest BCUT2D eigenvalue weighted by atomic mass is 19.4. The van der Waals surface area contributed by atoms with Crippen molar-refractivity contribution in [2.24, 2.45) is 11.7 Å². The number of nitrogens with one attached hydrogen (secondary N) is 1. The van der Waals surface area contributed by atoms with Crippen LogP contribution in [0.25, 0.3) is 0 Å². The fourth-order valence-electron chi connectivity index (χ4n) is 3.41. The Morgan fingerprint density at radius 3 is 2.36 bits per heavy atom. The molecule has 0 radical (unpaired) electrons. The summed E-state index contributed by atoms with van der Waals surface area (Å²) in [6.45, 7) is 0.302. The summed E-state index contributed by atoms with van der Waals surface area (Å²) < 4.78 is 51.6. The summed E-state index contributed by atoms with van der Waals surface area (Å²) in [6, 6.07) is 2.56. The molecule has 2 amide bonds. The summed E-state index contributed by atoms with van der Waals surface area (Å²) in [5.41, 5.74) is 3.78. The molecule has 0 bridgehead atoms. The highest BCUT2D eigenvalue weighted by Gasteiger charge is 2.48. The van der Waals surface area contributed by atoms with Crippen molar-refractivity contribution < 1.29 is 27.2 Å². The Kier molecular flexibility index (Phi) is 5.65. The van der Waals surface area contributed by atoms with Gasteiger partial charge in [0.15, 0.2) is 0 Å².